The second-order valence-corrected chi connectivity index (χ2v) is 3.53. The summed E-state index contributed by atoms with van der Waals surface area (Å²) >= 11 is 0. The van der Waals surface area contributed by atoms with E-state index in [1.165, 1.54) is 0 Å². The molecule has 1 aromatic rings. The average Bonchev–Trinajstić information content (AvgIpc) is 2.30. The van der Waals surface area contributed by atoms with E-state index in [1.807, 2.05) is 31.2 Å². The van der Waals surface area contributed by atoms with Crippen molar-refractivity contribution in [2.45, 2.75) is 26.2 Å². The van der Waals surface area contributed by atoms with E-state index in [9.17, 15) is 4.79 Å². The summed E-state index contributed by atoms with van der Waals surface area (Å²) < 4.78 is 10.3. The summed E-state index contributed by atoms with van der Waals surface area (Å²) in [5.41, 5.74) is 1.06. The molecule has 0 aliphatic heterocycles. The Bertz CT molecular complexity index is 334. The number of hydrogen-bond acceptors (Lipinski definition) is 3. The van der Waals surface area contributed by atoms with Gasteiger partial charge in [-0.05, 0) is 18.1 Å². The van der Waals surface area contributed by atoms with E-state index >= 15 is 0 Å². The van der Waals surface area contributed by atoms with Crippen molar-refractivity contribution in [3.8, 4) is 5.75 Å². The lowest BCUT2D eigenvalue weighted by Gasteiger charge is -2.08. The van der Waals surface area contributed by atoms with Crippen LogP contribution >= 0.6 is 0 Å². The Balaban J connectivity index is 2.39. The van der Waals surface area contributed by atoms with E-state index in [1.54, 1.807) is 7.11 Å². The zero-order chi connectivity index (χ0) is 11.8. The molecule has 0 amide bonds. The van der Waals surface area contributed by atoms with E-state index in [4.69, 9.17) is 9.47 Å². The number of rotatable bonds is 6. The fraction of sp³-hybridized carbons (Fsp3) is 0.462. The van der Waals surface area contributed by atoms with Gasteiger partial charge in [0.05, 0.1) is 13.7 Å². The highest BCUT2D eigenvalue weighted by Crippen LogP contribution is 2.17. The topological polar surface area (TPSA) is 35.5 Å². The number of hydrogen-bond donors (Lipinski definition) is 0. The lowest BCUT2D eigenvalue weighted by atomic mass is 10.1. The van der Waals surface area contributed by atoms with Gasteiger partial charge in [-0.15, -0.1) is 0 Å². The molecule has 1 aromatic carbocycles. The molecule has 0 N–H and O–H groups in total. The van der Waals surface area contributed by atoms with Crippen LogP contribution in [-0.4, -0.2) is 19.7 Å². The van der Waals surface area contributed by atoms with Crippen molar-refractivity contribution in [2.75, 3.05) is 13.7 Å². The van der Waals surface area contributed by atoms with Crippen LogP contribution in [0.25, 0.3) is 0 Å². The number of para-hydroxylation sites is 1. The molecule has 88 valence electrons. The molecule has 0 aliphatic carbocycles. The van der Waals surface area contributed by atoms with E-state index in [0.717, 1.165) is 17.7 Å². The number of carbonyl (C=O) groups excluding carboxylic acids is 1. The highest BCUT2D eigenvalue weighted by atomic mass is 16.5. The van der Waals surface area contributed by atoms with Crippen LogP contribution in [0.3, 0.4) is 0 Å². The van der Waals surface area contributed by atoms with Gasteiger partial charge in [-0.1, -0.05) is 25.1 Å². The van der Waals surface area contributed by atoms with Crippen molar-refractivity contribution >= 4 is 5.97 Å². The number of carbonyl (C=O) groups is 1. The molecule has 0 aromatic heterocycles. The quantitative estimate of drug-likeness (QED) is 0.694. The Morgan fingerprint density at radius 1 is 1.31 bits per heavy atom. The maximum atomic E-state index is 11.1. The summed E-state index contributed by atoms with van der Waals surface area (Å²) in [6.45, 7) is 2.38. The smallest absolute Gasteiger partial charge is 0.305 e. The van der Waals surface area contributed by atoms with Crippen LogP contribution in [0.15, 0.2) is 24.3 Å². The molecule has 0 fully saturated rings. The number of ether oxygens (including phenoxy) is 2. The lowest BCUT2D eigenvalue weighted by molar-refractivity contribution is -0.143. The van der Waals surface area contributed by atoms with Crippen molar-refractivity contribution in [3.05, 3.63) is 29.8 Å². The fourth-order valence-electron chi connectivity index (χ4n) is 1.46. The second-order valence-electron chi connectivity index (χ2n) is 3.53. The van der Waals surface area contributed by atoms with Crippen LogP contribution in [0.5, 0.6) is 5.75 Å². The first-order valence-corrected chi connectivity index (χ1v) is 5.55. The molecule has 0 aliphatic rings. The molecule has 1 rings (SSSR count). The van der Waals surface area contributed by atoms with Gasteiger partial charge in [-0.2, -0.15) is 0 Å². The molecule has 0 atom stereocenters. The third-order valence-electron chi connectivity index (χ3n) is 2.28. The molecule has 0 heterocycles. The third kappa shape index (κ3) is 3.93. The second kappa shape index (κ2) is 6.88. The van der Waals surface area contributed by atoms with Crippen LogP contribution in [0.4, 0.5) is 0 Å². The van der Waals surface area contributed by atoms with Gasteiger partial charge in [0, 0.05) is 12.8 Å². The average molecular weight is 222 g/mol. The van der Waals surface area contributed by atoms with Crippen LogP contribution < -0.4 is 4.74 Å². The molecule has 0 bridgehead atoms. The Labute approximate surface area is 96.4 Å². The van der Waals surface area contributed by atoms with Crippen LogP contribution in [0.2, 0.25) is 0 Å². The Hall–Kier alpha value is -1.51. The van der Waals surface area contributed by atoms with Gasteiger partial charge in [0.15, 0.2) is 0 Å². The van der Waals surface area contributed by atoms with Crippen molar-refractivity contribution in [1.29, 1.82) is 0 Å². The molecule has 0 radical (unpaired) electrons. The van der Waals surface area contributed by atoms with Gasteiger partial charge >= 0.3 is 5.97 Å². The van der Waals surface area contributed by atoms with E-state index in [-0.39, 0.29) is 5.97 Å². The van der Waals surface area contributed by atoms with Crippen molar-refractivity contribution in [3.63, 3.8) is 0 Å². The van der Waals surface area contributed by atoms with Gasteiger partial charge in [0.2, 0.25) is 0 Å². The molecule has 3 nitrogen and oxygen atoms in total. The summed E-state index contributed by atoms with van der Waals surface area (Å²) in [6, 6.07) is 7.76. The maximum absolute atomic E-state index is 11.1. The van der Waals surface area contributed by atoms with Gasteiger partial charge in [0.1, 0.15) is 5.75 Å². The van der Waals surface area contributed by atoms with Gasteiger partial charge in [-0.25, -0.2) is 0 Å². The summed E-state index contributed by atoms with van der Waals surface area (Å²) in [6.07, 6.45) is 2.01. The van der Waals surface area contributed by atoms with Crippen LogP contribution in [-0.2, 0) is 16.0 Å². The minimum Gasteiger partial charge on any atom is -0.496 e. The maximum Gasteiger partial charge on any atom is 0.305 e. The molecule has 0 spiro atoms. The van der Waals surface area contributed by atoms with Crippen molar-refractivity contribution < 1.29 is 14.3 Å². The Kier molecular flexibility index (Phi) is 5.40. The lowest BCUT2D eigenvalue weighted by Crippen LogP contribution is -2.07. The van der Waals surface area contributed by atoms with E-state index in [2.05, 4.69) is 0 Å². The summed E-state index contributed by atoms with van der Waals surface area (Å²) in [5, 5.41) is 0. The predicted molar refractivity (Wildman–Crippen MR) is 62.6 cm³/mol. The first kappa shape index (κ1) is 12.6. The molecule has 0 unspecified atom stereocenters. The van der Waals surface area contributed by atoms with Gasteiger partial charge < -0.3 is 9.47 Å². The summed E-state index contributed by atoms with van der Waals surface area (Å²) in [5.74, 6) is 0.714. The summed E-state index contributed by atoms with van der Waals surface area (Å²) in [7, 11) is 1.64. The van der Waals surface area contributed by atoms with Gasteiger partial charge in [-0.3, -0.25) is 4.79 Å². The SMILES string of the molecule is CCCC(=O)OCCc1ccccc1OC. The fourth-order valence-corrected chi connectivity index (χ4v) is 1.46. The third-order valence-corrected chi connectivity index (χ3v) is 2.28. The Morgan fingerprint density at radius 3 is 2.75 bits per heavy atom. The van der Waals surface area contributed by atoms with Crippen molar-refractivity contribution in [2.24, 2.45) is 0 Å². The number of esters is 1. The molecule has 3 heteroatoms. The first-order chi connectivity index (χ1) is 7.77. The molecular formula is C13H18O3. The van der Waals surface area contributed by atoms with Gasteiger partial charge in [0.25, 0.3) is 0 Å². The minimum absolute atomic E-state index is 0.127. The number of benzene rings is 1. The first-order valence-electron chi connectivity index (χ1n) is 5.55. The summed E-state index contributed by atoms with van der Waals surface area (Å²) in [4.78, 5) is 11.1. The molecule has 16 heavy (non-hydrogen) atoms. The number of methoxy groups -OCH3 is 1. The van der Waals surface area contributed by atoms with Crippen LogP contribution in [0.1, 0.15) is 25.3 Å². The molecule has 0 saturated heterocycles. The zero-order valence-corrected chi connectivity index (χ0v) is 9.86. The largest absolute Gasteiger partial charge is 0.496 e. The van der Waals surface area contributed by atoms with E-state index < -0.39 is 0 Å². The highest BCUT2D eigenvalue weighted by Gasteiger charge is 2.04. The molecule has 0 saturated carbocycles. The minimum atomic E-state index is -0.127. The highest BCUT2D eigenvalue weighted by molar-refractivity contribution is 5.69. The van der Waals surface area contributed by atoms with Crippen molar-refractivity contribution in [1.82, 2.24) is 0 Å². The molecular weight excluding hydrogens is 204 g/mol. The normalized spacial score (nSPS) is 9.88. The predicted octanol–water partition coefficient (Wildman–Crippen LogP) is 2.58. The monoisotopic (exact) mass is 222 g/mol. The van der Waals surface area contributed by atoms with Crippen LogP contribution in [0, 0.1) is 0 Å². The van der Waals surface area contributed by atoms with E-state index in [0.29, 0.717) is 19.4 Å². The zero-order valence-electron chi connectivity index (χ0n) is 9.86. The standard InChI is InChI=1S/C13H18O3/c1-3-6-13(14)16-10-9-11-7-4-5-8-12(11)15-2/h4-5,7-8H,3,6,9-10H2,1-2H3. The Morgan fingerprint density at radius 2 is 2.06 bits per heavy atom.